The fourth-order valence-corrected chi connectivity index (χ4v) is 2.31. The predicted molar refractivity (Wildman–Crippen MR) is 63.3 cm³/mol. The van der Waals surface area contributed by atoms with Gasteiger partial charge in [-0.1, -0.05) is 0 Å². The maximum Gasteiger partial charge on any atom is 0.310 e. The average Bonchev–Trinajstić information content (AvgIpc) is 2.97. The number of esters is 1. The van der Waals surface area contributed by atoms with Crippen molar-refractivity contribution < 1.29 is 9.53 Å². The van der Waals surface area contributed by atoms with Gasteiger partial charge in [0.15, 0.2) is 0 Å². The van der Waals surface area contributed by atoms with Gasteiger partial charge in [-0.05, 0) is 19.9 Å². The molecule has 5 nitrogen and oxygen atoms in total. The Morgan fingerprint density at radius 1 is 1.65 bits per heavy atom. The van der Waals surface area contributed by atoms with Gasteiger partial charge in [0.1, 0.15) is 5.82 Å². The molecule has 0 bridgehead atoms. The van der Waals surface area contributed by atoms with Gasteiger partial charge in [0.25, 0.3) is 0 Å². The molecule has 0 spiro atoms. The van der Waals surface area contributed by atoms with E-state index in [1.807, 2.05) is 12.4 Å². The highest BCUT2D eigenvalue weighted by atomic mass is 16.5. The molecule has 1 atom stereocenters. The van der Waals surface area contributed by atoms with Gasteiger partial charge in [-0.2, -0.15) is 0 Å². The first-order valence-electron chi connectivity index (χ1n) is 6.04. The number of hydrogen-bond acceptors (Lipinski definition) is 4. The van der Waals surface area contributed by atoms with Crippen LogP contribution in [-0.4, -0.2) is 40.6 Å². The van der Waals surface area contributed by atoms with E-state index in [-0.39, 0.29) is 11.9 Å². The number of likely N-dealkylation sites (tertiary alicyclic amines) is 1. The van der Waals surface area contributed by atoms with Crippen LogP contribution in [0.5, 0.6) is 0 Å². The molecule has 1 aliphatic rings. The van der Waals surface area contributed by atoms with Crippen LogP contribution in [0.2, 0.25) is 0 Å². The average molecular weight is 237 g/mol. The van der Waals surface area contributed by atoms with Gasteiger partial charge in [-0.15, -0.1) is 0 Å². The van der Waals surface area contributed by atoms with Crippen molar-refractivity contribution in [3.63, 3.8) is 0 Å². The SMILES string of the molecule is CCn1ccnc1CN1CCC(C(=O)OC)C1. The summed E-state index contributed by atoms with van der Waals surface area (Å²) in [5.74, 6) is 1.01. The van der Waals surface area contributed by atoms with Crippen LogP contribution in [0.1, 0.15) is 19.2 Å². The summed E-state index contributed by atoms with van der Waals surface area (Å²) in [5, 5.41) is 0. The lowest BCUT2D eigenvalue weighted by Gasteiger charge is -2.15. The topological polar surface area (TPSA) is 47.4 Å². The molecule has 0 saturated carbocycles. The second kappa shape index (κ2) is 5.31. The first-order valence-corrected chi connectivity index (χ1v) is 6.04. The van der Waals surface area contributed by atoms with Gasteiger partial charge in [0.05, 0.1) is 19.6 Å². The van der Waals surface area contributed by atoms with Crippen molar-refractivity contribution >= 4 is 5.97 Å². The zero-order valence-electron chi connectivity index (χ0n) is 10.4. The maximum absolute atomic E-state index is 11.4. The normalized spacial score (nSPS) is 20.7. The molecule has 17 heavy (non-hydrogen) atoms. The molecule has 1 aliphatic heterocycles. The minimum Gasteiger partial charge on any atom is -0.469 e. The summed E-state index contributed by atoms with van der Waals surface area (Å²) in [7, 11) is 1.45. The number of carbonyl (C=O) groups excluding carboxylic acids is 1. The van der Waals surface area contributed by atoms with Crippen LogP contribution in [0, 0.1) is 5.92 Å². The van der Waals surface area contributed by atoms with Crippen molar-refractivity contribution in [1.82, 2.24) is 14.5 Å². The van der Waals surface area contributed by atoms with Crippen molar-refractivity contribution in [3.05, 3.63) is 18.2 Å². The molecule has 1 unspecified atom stereocenters. The third-order valence-corrected chi connectivity index (χ3v) is 3.31. The smallest absolute Gasteiger partial charge is 0.310 e. The molecule has 0 aliphatic carbocycles. The fraction of sp³-hybridized carbons (Fsp3) is 0.667. The van der Waals surface area contributed by atoms with Gasteiger partial charge < -0.3 is 9.30 Å². The number of aromatic nitrogens is 2. The van der Waals surface area contributed by atoms with Crippen LogP contribution in [0.25, 0.3) is 0 Å². The highest BCUT2D eigenvalue weighted by molar-refractivity contribution is 5.72. The molecule has 1 fully saturated rings. The number of hydrogen-bond donors (Lipinski definition) is 0. The lowest BCUT2D eigenvalue weighted by molar-refractivity contribution is -0.144. The second-order valence-electron chi connectivity index (χ2n) is 4.37. The number of imidazole rings is 1. The van der Waals surface area contributed by atoms with E-state index in [2.05, 4.69) is 21.4 Å². The summed E-state index contributed by atoms with van der Waals surface area (Å²) in [5.41, 5.74) is 0. The Hall–Kier alpha value is -1.36. The third kappa shape index (κ3) is 2.66. The monoisotopic (exact) mass is 237 g/mol. The highest BCUT2D eigenvalue weighted by Crippen LogP contribution is 2.19. The minimum atomic E-state index is -0.0914. The third-order valence-electron chi connectivity index (χ3n) is 3.31. The van der Waals surface area contributed by atoms with E-state index in [1.165, 1.54) is 7.11 Å². The number of ether oxygens (including phenoxy) is 1. The molecule has 0 amide bonds. The minimum absolute atomic E-state index is 0.0324. The number of methoxy groups -OCH3 is 1. The standard InChI is InChI=1S/C12H19N3O2/c1-3-15-7-5-13-11(15)9-14-6-4-10(8-14)12(16)17-2/h5,7,10H,3-4,6,8-9H2,1-2H3. The van der Waals surface area contributed by atoms with Crippen molar-refractivity contribution in [2.24, 2.45) is 5.92 Å². The van der Waals surface area contributed by atoms with Crippen molar-refractivity contribution in [2.45, 2.75) is 26.4 Å². The quantitative estimate of drug-likeness (QED) is 0.730. The maximum atomic E-state index is 11.4. The summed E-state index contributed by atoms with van der Waals surface area (Å²) in [6.45, 7) is 5.57. The zero-order valence-corrected chi connectivity index (χ0v) is 10.4. The van der Waals surface area contributed by atoms with Gasteiger partial charge in [-0.3, -0.25) is 9.69 Å². The van der Waals surface area contributed by atoms with Gasteiger partial charge in [-0.25, -0.2) is 4.98 Å². The molecule has 1 saturated heterocycles. The molecule has 5 heteroatoms. The van der Waals surface area contributed by atoms with E-state index in [4.69, 9.17) is 4.74 Å². The molecule has 2 heterocycles. The molecule has 0 radical (unpaired) electrons. The highest BCUT2D eigenvalue weighted by Gasteiger charge is 2.29. The van der Waals surface area contributed by atoms with E-state index in [9.17, 15) is 4.79 Å². The number of carbonyl (C=O) groups is 1. The Bertz CT molecular complexity index is 389. The Labute approximate surface area is 101 Å². The van der Waals surface area contributed by atoms with E-state index < -0.39 is 0 Å². The lowest BCUT2D eigenvalue weighted by Crippen LogP contribution is -2.25. The molecule has 94 valence electrons. The van der Waals surface area contributed by atoms with Crippen molar-refractivity contribution in [1.29, 1.82) is 0 Å². The molecule has 1 aromatic heterocycles. The summed E-state index contributed by atoms with van der Waals surface area (Å²) in [6, 6.07) is 0. The second-order valence-corrected chi connectivity index (χ2v) is 4.37. The summed E-state index contributed by atoms with van der Waals surface area (Å²) < 4.78 is 6.91. The number of nitrogens with zero attached hydrogens (tertiary/aromatic N) is 3. The zero-order chi connectivity index (χ0) is 12.3. The van der Waals surface area contributed by atoms with Crippen molar-refractivity contribution in [2.75, 3.05) is 20.2 Å². The Morgan fingerprint density at radius 3 is 3.18 bits per heavy atom. The summed E-state index contributed by atoms with van der Waals surface area (Å²) in [6.07, 6.45) is 4.70. The molecule has 2 rings (SSSR count). The van der Waals surface area contributed by atoms with Crippen LogP contribution in [0.15, 0.2) is 12.4 Å². The van der Waals surface area contributed by atoms with Crippen LogP contribution in [0.4, 0.5) is 0 Å². The van der Waals surface area contributed by atoms with Gasteiger partial charge >= 0.3 is 5.97 Å². The molecular formula is C12H19N3O2. The van der Waals surface area contributed by atoms with Crippen LogP contribution in [-0.2, 0) is 22.6 Å². The Balaban J connectivity index is 1.92. The largest absolute Gasteiger partial charge is 0.469 e. The molecule has 1 aromatic rings. The van der Waals surface area contributed by atoms with E-state index in [0.717, 1.165) is 38.4 Å². The van der Waals surface area contributed by atoms with Crippen LogP contribution < -0.4 is 0 Å². The van der Waals surface area contributed by atoms with E-state index >= 15 is 0 Å². The molecular weight excluding hydrogens is 218 g/mol. The number of aryl methyl sites for hydroxylation is 1. The summed E-state index contributed by atoms with van der Waals surface area (Å²) >= 11 is 0. The van der Waals surface area contributed by atoms with E-state index in [0.29, 0.717) is 0 Å². The van der Waals surface area contributed by atoms with Crippen LogP contribution >= 0.6 is 0 Å². The summed E-state index contributed by atoms with van der Waals surface area (Å²) in [4.78, 5) is 18.0. The Morgan fingerprint density at radius 2 is 2.47 bits per heavy atom. The first kappa shape index (κ1) is 12.1. The predicted octanol–water partition coefficient (Wildman–Crippen LogP) is 0.898. The molecule has 0 N–H and O–H groups in total. The Kier molecular flexibility index (Phi) is 3.78. The van der Waals surface area contributed by atoms with E-state index in [1.54, 1.807) is 0 Å². The van der Waals surface area contributed by atoms with Gasteiger partial charge in [0, 0.05) is 25.5 Å². The van der Waals surface area contributed by atoms with Crippen LogP contribution in [0.3, 0.4) is 0 Å². The van der Waals surface area contributed by atoms with Crippen molar-refractivity contribution in [3.8, 4) is 0 Å². The fourth-order valence-electron chi connectivity index (χ4n) is 2.31. The van der Waals surface area contributed by atoms with Gasteiger partial charge in [0.2, 0.25) is 0 Å². The number of rotatable bonds is 4. The first-order chi connectivity index (χ1) is 8.24. The molecule has 0 aromatic carbocycles. The lowest BCUT2D eigenvalue weighted by atomic mass is 10.1.